The Labute approximate surface area is 145 Å². The quantitative estimate of drug-likeness (QED) is 0.587. The summed E-state index contributed by atoms with van der Waals surface area (Å²) in [4.78, 5) is 22.5. The van der Waals surface area contributed by atoms with Crippen LogP contribution in [0.4, 0.5) is 0 Å². The number of benzene rings is 1. The molecule has 2 aromatic rings. The van der Waals surface area contributed by atoms with Crippen molar-refractivity contribution in [3.05, 3.63) is 47.3 Å². The number of rotatable bonds is 8. The van der Waals surface area contributed by atoms with Crippen LogP contribution in [-0.2, 0) is 11.5 Å². The number of nitrogens with one attached hydrogen (secondary N) is 1. The maximum atomic E-state index is 11.9. The molecule has 128 valence electrons. The molecule has 1 heterocycles. The molecule has 0 spiro atoms. The molecule has 1 N–H and O–H groups in total. The second kappa shape index (κ2) is 8.49. The molecule has 0 atom stereocenters. The maximum Gasteiger partial charge on any atom is 0.271 e. The summed E-state index contributed by atoms with van der Waals surface area (Å²) in [5.41, 5.74) is 2.55. The van der Waals surface area contributed by atoms with E-state index in [2.05, 4.69) is 16.5 Å². The maximum absolute atomic E-state index is 11.9. The molecule has 1 aromatic heterocycles. The summed E-state index contributed by atoms with van der Waals surface area (Å²) in [6, 6.07) is 7.58. The molecule has 0 radical (unpaired) electrons. The lowest BCUT2D eigenvalue weighted by atomic mass is 10.1. The van der Waals surface area contributed by atoms with Gasteiger partial charge in [0, 0.05) is 19.2 Å². The van der Waals surface area contributed by atoms with Crippen LogP contribution in [0, 0.1) is 13.8 Å². The summed E-state index contributed by atoms with van der Waals surface area (Å²) in [5, 5.41) is 6.45. The fraction of sp³-hybridized carbons (Fsp3) is 0.353. The highest BCUT2D eigenvalue weighted by molar-refractivity contribution is 6.63. The molecule has 0 aliphatic carbocycles. The molecule has 0 saturated heterocycles. The third-order valence-electron chi connectivity index (χ3n) is 3.27. The van der Waals surface area contributed by atoms with Gasteiger partial charge in [0.25, 0.3) is 5.91 Å². The molecule has 0 saturated carbocycles. The van der Waals surface area contributed by atoms with Crippen LogP contribution in [0.15, 0.2) is 30.5 Å². The van der Waals surface area contributed by atoms with Crippen molar-refractivity contribution in [2.45, 2.75) is 33.4 Å². The van der Waals surface area contributed by atoms with E-state index < -0.39 is 5.24 Å². The second-order valence-corrected chi connectivity index (χ2v) is 5.97. The molecular weight excluding hydrogens is 330 g/mol. The van der Waals surface area contributed by atoms with Crippen molar-refractivity contribution in [1.29, 1.82) is 0 Å². The Morgan fingerprint density at radius 1 is 1.25 bits per heavy atom. The first-order valence-corrected chi connectivity index (χ1v) is 8.03. The minimum absolute atomic E-state index is 0.219. The fourth-order valence-electron chi connectivity index (χ4n) is 2.23. The SMILES string of the molecule is Cc1cc(C)cc(OCn2ccc(C(=O)NCCCC(=O)Cl)n2)c1. The fourth-order valence-corrected chi connectivity index (χ4v) is 2.37. The number of halogens is 1. The van der Waals surface area contributed by atoms with Crippen LogP contribution < -0.4 is 10.1 Å². The molecule has 0 fully saturated rings. The minimum Gasteiger partial charge on any atom is -0.471 e. The Balaban J connectivity index is 1.84. The molecule has 0 aliphatic heterocycles. The Morgan fingerprint density at radius 3 is 2.62 bits per heavy atom. The van der Waals surface area contributed by atoms with E-state index in [0.717, 1.165) is 16.9 Å². The number of ether oxygens (including phenoxy) is 1. The monoisotopic (exact) mass is 349 g/mol. The number of hydrogen-bond donors (Lipinski definition) is 1. The Bertz CT molecular complexity index is 707. The van der Waals surface area contributed by atoms with Crippen molar-refractivity contribution in [2.24, 2.45) is 0 Å². The highest BCUT2D eigenvalue weighted by Gasteiger charge is 2.09. The predicted molar refractivity (Wildman–Crippen MR) is 91.2 cm³/mol. The molecule has 24 heavy (non-hydrogen) atoms. The highest BCUT2D eigenvalue weighted by Crippen LogP contribution is 2.16. The van der Waals surface area contributed by atoms with Crippen LogP contribution in [0.1, 0.15) is 34.5 Å². The molecule has 0 aliphatic rings. The Kier molecular flexibility index (Phi) is 6.37. The molecule has 7 heteroatoms. The van der Waals surface area contributed by atoms with E-state index in [1.54, 1.807) is 16.9 Å². The van der Waals surface area contributed by atoms with Crippen LogP contribution in [0.3, 0.4) is 0 Å². The zero-order chi connectivity index (χ0) is 17.5. The van der Waals surface area contributed by atoms with Gasteiger partial charge in [-0.25, -0.2) is 4.68 Å². The van der Waals surface area contributed by atoms with Crippen LogP contribution in [0.5, 0.6) is 5.75 Å². The topological polar surface area (TPSA) is 73.2 Å². The van der Waals surface area contributed by atoms with Crippen molar-refractivity contribution in [3.63, 3.8) is 0 Å². The third kappa shape index (κ3) is 5.70. The van der Waals surface area contributed by atoms with Crippen molar-refractivity contribution in [2.75, 3.05) is 6.54 Å². The molecule has 0 bridgehead atoms. The van der Waals surface area contributed by atoms with Gasteiger partial charge in [-0.2, -0.15) is 5.10 Å². The summed E-state index contributed by atoms with van der Waals surface area (Å²) < 4.78 is 7.24. The number of aromatic nitrogens is 2. The zero-order valence-corrected chi connectivity index (χ0v) is 14.5. The average Bonchev–Trinajstić information content (AvgIpc) is 2.97. The normalized spacial score (nSPS) is 10.5. The van der Waals surface area contributed by atoms with E-state index in [1.807, 2.05) is 26.0 Å². The first-order chi connectivity index (χ1) is 11.4. The summed E-state index contributed by atoms with van der Waals surface area (Å²) in [6.45, 7) is 4.61. The average molecular weight is 350 g/mol. The summed E-state index contributed by atoms with van der Waals surface area (Å²) in [7, 11) is 0. The number of aryl methyl sites for hydroxylation is 2. The molecule has 6 nitrogen and oxygen atoms in total. The number of nitrogens with zero attached hydrogens (tertiary/aromatic N) is 2. The van der Waals surface area contributed by atoms with Gasteiger partial charge in [0.2, 0.25) is 5.24 Å². The zero-order valence-electron chi connectivity index (χ0n) is 13.7. The molecular formula is C17H20ClN3O3. The van der Waals surface area contributed by atoms with Gasteiger partial charge in [-0.3, -0.25) is 9.59 Å². The standard InChI is InChI=1S/C17H20ClN3O3/c1-12-8-13(2)10-14(9-12)24-11-21-7-5-15(20-21)17(23)19-6-3-4-16(18)22/h5,7-10H,3-4,6,11H2,1-2H3,(H,19,23). The summed E-state index contributed by atoms with van der Waals surface area (Å²) in [5.74, 6) is 0.474. The summed E-state index contributed by atoms with van der Waals surface area (Å²) >= 11 is 5.24. The second-order valence-electron chi connectivity index (χ2n) is 5.55. The Hall–Kier alpha value is -2.34. The largest absolute Gasteiger partial charge is 0.471 e. The lowest BCUT2D eigenvalue weighted by Crippen LogP contribution is -2.25. The van der Waals surface area contributed by atoms with E-state index in [0.29, 0.717) is 18.7 Å². The third-order valence-corrected chi connectivity index (χ3v) is 3.46. The van der Waals surface area contributed by atoms with E-state index >= 15 is 0 Å². The van der Waals surface area contributed by atoms with E-state index in [4.69, 9.17) is 16.3 Å². The number of carbonyl (C=O) groups excluding carboxylic acids is 2. The first kappa shape index (κ1) is 18.0. The van der Waals surface area contributed by atoms with E-state index in [-0.39, 0.29) is 19.1 Å². The van der Waals surface area contributed by atoms with Gasteiger partial charge < -0.3 is 10.1 Å². The van der Waals surface area contributed by atoms with Gasteiger partial charge in [-0.05, 0) is 61.2 Å². The molecule has 0 unspecified atom stereocenters. The van der Waals surface area contributed by atoms with Gasteiger partial charge in [0.05, 0.1) is 0 Å². The van der Waals surface area contributed by atoms with Crippen LogP contribution in [-0.4, -0.2) is 27.5 Å². The van der Waals surface area contributed by atoms with Gasteiger partial charge in [-0.15, -0.1) is 0 Å². The molecule has 2 rings (SSSR count). The van der Waals surface area contributed by atoms with Crippen molar-refractivity contribution >= 4 is 22.8 Å². The van der Waals surface area contributed by atoms with Gasteiger partial charge in [0.1, 0.15) is 11.4 Å². The van der Waals surface area contributed by atoms with E-state index in [9.17, 15) is 9.59 Å². The van der Waals surface area contributed by atoms with Crippen molar-refractivity contribution in [3.8, 4) is 5.75 Å². The van der Waals surface area contributed by atoms with Crippen LogP contribution >= 0.6 is 11.6 Å². The molecule has 1 aromatic carbocycles. The van der Waals surface area contributed by atoms with E-state index in [1.165, 1.54) is 0 Å². The van der Waals surface area contributed by atoms with Gasteiger partial charge >= 0.3 is 0 Å². The highest BCUT2D eigenvalue weighted by atomic mass is 35.5. The van der Waals surface area contributed by atoms with Crippen molar-refractivity contribution < 1.29 is 14.3 Å². The number of amides is 1. The smallest absolute Gasteiger partial charge is 0.271 e. The van der Waals surface area contributed by atoms with Gasteiger partial charge in [-0.1, -0.05) is 6.07 Å². The van der Waals surface area contributed by atoms with Crippen LogP contribution in [0.25, 0.3) is 0 Å². The summed E-state index contributed by atoms with van der Waals surface area (Å²) in [6.07, 6.45) is 2.42. The lowest BCUT2D eigenvalue weighted by Gasteiger charge is -2.08. The number of carbonyl (C=O) groups is 2. The lowest BCUT2D eigenvalue weighted by molar-refractivity contribution is -0.111. The predicted octanol–water partition coefficient (Wildman–Crippen LogP) is 2.81. The van der Waals surface area contributed by atoms with Crippen LogP contribution in [0.2, 0.25) is 0 Å². The number of hydrogen-bond acceptors (Lipinski definition) is 4. The van der Waals surface area contributed by atoms with Crippen molar-refractivity contribution in [1.82, 2.24) is 15.1 Å². The van der Waals surface area contributed by atoms with Gasteiger partial charge in [0.15, 0.2) is 6.73 Å². The first-order valence-electron chi connectivity index (χ1n) is 7.65. The minimum atomic E-state index is -0.405. The Morgan fingerprint density at radius 2 is 1.96 bits per heavy atom. The molecule has 1 amide bonds.